The molecule has 19 heavy (non-hydrogen) atoms. The maximum atomic E-state index is 11.3. The molecule has 0 saturated carbocycles. The summed E-state index contributed by atoms with van der Waals surface area (Å²) in [4.78, 5) is 16.2. The van der Waals surface area contributed by atoms with Gasteiger partial charge >= 0.3 is 5.97 Å². The van der Waals surface area contributed by atoms with E-state index >= 15 is 0 Å². The molecular formula is C15H17NO2S. The van der Waals surface area contributed by atoms with Crippen LogP contribution in [0.4, 0.5) is 0 Å². The van der Waals surface area contributed by atoms with Gasteiger partial charge in [0, 0.05) is 12.0 Å². The van der Waals surface area contributed by atoms with Crippen LogP contribution in [0.2, 0.25) is 0 Å². The third kappa shape index (κ3) is 3.41. The van der Waals surface area contributed by atoms with Crippen molar-refractivity contribution >= 4 is 17.3 Å². The predicted octanol–water partition coefficient (Wildman–Crippen LogP) is 4.10. The van der Waals surface area contributed by atoms with Gasteiger partial charge in [-0.3, -0.25) is 0 Å². The Balaban J connectivity index is 2.45. The van der Waals surface area contributed by atoms with Crippen molar-refractivity contribution < 1.29 is 9.90 Å². The van der Waals surface area contributed by atoms with Gasteiger partial charge in [-0.05, 0) is 5.41 Å². The Hall–Kier alpha value is -1.68. The molecule has 1 N–H and O–H groups in total. The lowest BCUT2D eigenvalue weighted by Crippen LogP contribution is -2.08. The maximum absolute atomic E-state index is 11.3. The number of carboxylic acids is 1. The Bertz CT molecular complexity index is 582. The van der Waals surface area contributed by atoms with Crippen molar-refractivity contribution in [1.29, 1.82) is 0 Å². The van der Waals surface area contributed by atoms with E-state index in [1.807, 2.05) is 30.3 Å². The molecule has 0 aliphatic rings. The molecule has 0 bridgehead atoms. The molecule has 0 saturated heterocycles. The van der Waals surface area contributed by atoms with Gasteiger partial charge in [-0.15, -0.1) is 11.3 Å². The first kappa shape index (κ1) is 13.7. The van der Waals surface area contributed by atoms with Crippen molar-refractivity contribution in [2.45, 2.75) is 27.2 Å². The number of hydrogen-bond donors (Lipinski definition) is 1. The smallest absolute Gasteiger partial charge is 0.348 e. The van der Waals surface area contributed by atoms with E-state index in [2.05, 4.69) is 25.8 Å². The normalized spacial score (nSPS) is 11.5. The Morgan fingerprint density at radius 2 is 1.89 bits per heavy atom. The lowest BCUT2D eigenvalue weighted by Gasteiger charge is -2.15. The highest BCUT2D eigenvalue weighted by Crippen LogP contribution is 2.31. The minimum atomic E-state index is -0.906. The molecule has 4 heteroatoms. The Morgan fingerprint density at radius 3 is 2.42 bits per heavy atom. The molecule has 0 unspecified atom stereocenters. The van der Waals surface area contributed by atoms with Gasteiger partial charge < -0.3 is 5.11 Å². The van der Waals surface area contributed by atoms with Crippen LogP contribution >= 0.6 is 11.3 Å². The first-order valence-electron chi connectivity index (χ1n) is 6.15. The number of carbonyl (C=O) groups is 1. The summed E-state index contributed by atoms with van der Waals surface area (Å²) in [6.07, 6.45) is 0.783. The van der Waals surface area contributed by atoms with Gasteiger partial charge in [0.2, 0.25) is 0 Å². The molecular weight excluding hydrogens is 258 g/mol. The number of hydrogen-bond acceptors (Lipinski definition) is 3. The summed E-state index contributed by atoms with van der Waals surface area (Å²) in [5, 5.41) is 10.2. The van der Waals surface area contributed by atoms with Crippen LogP contribution < -0.4 is 0 Å². The molecule has 0 radical (unpaired) electrons. The summed E-state index contributed by atoms with van der Waals surface area (Å²) in [7, 11) is 0. The third-order valence-electron chi connectivity index (χ3n) is 2.59. The average molecular weight is 275 g/mol. The van der Waals surface area contributed by atoms with Crippen LogP contribution in [-0.4, -0.2) is 16.1 Å². The molecule has 1 aromatic carbocycles. The Morgan fingerprint density at radius 1 is 1.26 bits per heavy atom. The van der Waals surface area contributed by atoms with Crippen molar-refractivity contribution in [3.05, 3.63) is 40.2 Å². The van der Waals surface area contributed by atoms with Crippen molar-refractivity contribution in [2.75, 3.05) is 0 Å². The highest BCUT2D eigenvalue weighted by Gasteiger charge is 2.21. The van der Waals surface area contributed by atoms with E-state index in [-0.39, 0.29) is 5.41 Å². The van der Waals surface area contributed by atoms with E-state index in [0.29, 0.717) is 10.6 Å². The molecule has 0 aliphatic carbocycles. The SMILES string of the molecule is CC(C)(C)Cc1nc(-c2ccccc2)c(C(=O)O)s1. The summed E-state index contributed by atoms with van der Waals surface area (Å²) < 4.78 is 0. The first-order valence-corrected chi connectivity index (χ1v) is 6.97. The topological polar surface area (TPSA) is 50.2 Å². The van der Waals surface area contributed by atoms with Crippen LogP contribution in [0.1, 0.15) is 35.5 Å². The molecule has 2 rings (SSSR count). The van der Waals surface area contributed by atoms with Crippen LogP contribution in [0, 0.1) is 5.41 Å². The zero-order valence-corrected chi connectivity index (χ0v) is 12.1. The molecule has 0 aliphatic heterocycles. The molecule has 2 aromatic rings. The van der Waals surface area contributed by atoms with E-state index in [1.54, 1.807) is 0 Å². The third-order valence-corrected chi connectivity index (χ3v) is 3.64. The van der Waals surface area contributed by atoms with Crippen LogP contribution in [0.3, 0.4) is 0 Å². The first-order chi connectivity index (χ1) is 8.87. The van der Waals surface area contributed by atoms with E-state index in [1.165, 1.54) is 11.3 Å². The molecule has 0 amide bonds. The Labute approximate surface area is 116 Å². The summed E-state index contributed by atoms with van der Waals surface area (Å²) in [5.74, 6) is -0.906. The molecule has 3 nitrogen and oxygen atoms in total. The summed E-state index contributed by atoms with van der Waals surface area (Å²) >= 11 is 1.28. The lowest BCUT2D eigenvalue weighted by atomic mass is 9.93. The zero-order valence-electron chi connectivity index (χ0n) is 11.3. The highest BCUT2D eigenvalue weighted by atomic mass is 32.1. The molecule has 1 heterocycles. The van der Waals surface area contributed by atoms with E-state index in [4.69, 9.17) is 0 Å². The minimum Gasteiger partial charge on any atom is -0.477 e. The van der Waals surface area contributed by atoms with Crippen LogP contribution in [0.15, 0.2) is 30.3 Å². The number of thiazole rings is 1. The second-order valence-corrected chi connectivity index (χ2v) is 6.78. The maximum Gasteiger partial charge on any atom is 0.348 e. The van der Waals surface area contributed by atoms with Gasteiger partial charge in [-0.1, -0.05) is 51.1 Å². The summed E-state index contributed by atoms with van der Waals surface area (Å²) in [6, 6.07) is 9.48. The van der Waals surface area contributed by atoms with Crippen molar-refractivity contribution in [2.24, 2.45) is 5.41 Å². The van der Waals surface area contributed by atoms with Gasteiger partial charge in [-0.25, -0.2) is 9.78 Å². The average Bonchev–Trinajstić information content (AvgIpc) is 2.72. The highest BCUT2D eigenvalue weighted by molar-refractivity contribution is 7.14. The number of aromatic carboxylic acids is 1. The fraction of sp³-hybridized carbons (Fsp3) is 0.333. The zero-order chi connectivity index (χ0) is 14.0. The number of rotatable bonds is 3. The van der Waals surface area contributed by atoms with E-state index in [9.17, 15) is 9.90 Å². The quantitative estimate of drug-likeness (QED) is 0.917. The Kier molecular flexibility index (Phi) is 3.71. The number of nitrogens with zero attached hydrogens (tertiary/aromatic N) is 1. The number of aromatic nitrogens is 1. The number of carboxylic acid groups (broad SMARTS) is 1. The molecule has 1 aromatic heterocycles. The second kappa shape index (κ2) is 5.13. The van der Waals surface area contributed by atoms with E-state index in [0.717, 1.165) is 17.0 Å². The van der Waals surface area contributed by atoms with E-state index < -0.39 is 5.97 Å². The standard InChI is InChI=1S/C15H17NO2S/c1-15(2,3)9-11-16-12(13(19-11)14(17)18)10-7-5-4-6-8-10/h4-8H,9H2,1-3H3,(H,17,18). The molecule has 0 spiro atoms. The molecule has 0 atom stereocenters. The van der Waals surface area contributed by atoms with Gasteiger partial charge in [0.1, 0.15) is 4.88 Å². The monoisotopic (exact) mass is 275 g/mol. The van der Waals surface area contributed by atoms with Gasteiger partial charge in [-0.2, -0.15) is 0 Å². The fourth-order valence-electron chi connectivity index (χ4n) is 1.83. The van der Waals surface area contributed by atoms with Crippen LogP contribution in [0.25, 0.3) is 11.3 Å². The van der Waals surface area contributed by atoms with Crippen molar-refractivity contribution in [3.63, 3.8) is 0 Å². The molecule has 0 fully saturated rings. The van der Waals surface area contributed by atoms with Gasteiger partial charge in [0.15, 0.2) is 0 Å². The second-order valence-electron chi connectivity index (χ2n) is 5.69. The number of benzene rings is 1. The van der Waals surface area contributed by atoms with Crippen molar-refractivity contribution in [3.8, 4) is 11.3 Å². The fourth-order valence-corrected chi connectivity index (χ4v) is 3.06. The lowest BCUT2D eigenvalue weighted by molar-refractivity contribution is 0.0702. The summed E-state index contributed by atoms with van der Waals surface area (Å²) in [5.41, 5.74) is 1.54. The predicted molar refractivity (Wildman–Crippen MR) is 77.7 cm³/mol. The van der Waals surface area contributed by atoms with Crippen LogP contribution in [-0.2, 0) is 6.42 Å². The summed E-state index contributed by atoms with van der Waals surface area (Å²) in [6.45, 7) is 6.37. The molecule has 100 valence electrons. The minimum absolute atomic E-state index is 0.0988. The van der Waals surface area contributed by atoms with Gasteiger partial charge in [0.25, 0.3) is 0 Å². The van der Waals surface area contributed by atoms with Crippen LogP contribution in [0.5, 0.6) is 0 Å². The largest absolute Gasteiger partial charge is 0.477 e. The van der Waals surface area contributed by atoms with Gasteiger partial charge in [0.05, 0.1) is 10.7 Å². The van der Waals surface area contributed by atoms with Crippen molar-refractivity contribution in [1.82, 2.24) is 4.98 Å².